The maximum atomic E-state index is 13.9. The third kappa shape index (κ3) is 5.51. The lowest BCUT2D eigenvalue weighted by Crippen LogP contribution is -2.60. The van der Waals surface area contributed by atoms with Gasteiger partial charge in [-0.2, -0.15) is 0 Å². The Labute approximate surface area is 232 Å². The fourth-order valence-electron chi connectivity index (χ4n) is 5.15. The highest BCUT2D eigenvalue weighted by Crippen LogP contribution is 2.25. The van der Waals surface area contributed by atoms with Gasteiger partial charge in [0.05, 0.1) is 6.04 Å². The molecule has 5 aromatic rings. The number of hydrogen-bond donors (Lipinski definition) is 2. The molecule has 3 N–H and O–H groups in total. The number of nitrogens with zero attached hydrogens (tertiary/aromatic N) is 1. The molecule has 1 heterocycles. The van der Waals surface area contributed by atoms with Crippen LogP contribution in [-0.4, -0.2) is 39.8 Å². The molecule has 202 valence electrons. The van der Waals surface area contributed by atoms with Crippen molar-refractivity contribution in [3.8, 4) is 0 Å². The summed E-state index contributed by atoms with van der Waals surface area (Å²) in [6.07, 6.45) is 1.81. The summed E-state index contributed by atoms with van der Waals surface area (Å²) in [6, 6.07) is 29.4. The maximum absolute atomic E-state index is 13.9. The van der Waals surface area contributed by atoms with Gasteiger partial charge < -0.3 is 20.2 Å². The van der Waals surface area contributed by atoms with Gasteiger partial charge in [-0.15, -0.1) is 0 Å². The van der Waals surface area contributed by atoms with Crippen molar-refractivity contribution in [2.75, 3.05) is 0 Å². The van der Waals surface area contributed by atoms with Crippen LogP contribution < -0.4 is 5.73 Å². The molecule has 0 bridgehead atoms. The first-order valence-electron chi connectivity index (χ1n) is 13.2. The number of hydrogen-bond acceptors (Lipinski definition) is 5. The number of nitrogens with two attached hydrogens (primary N) is 1. The Morgan fingerprint density at radius 3 is 2.35 bits per heavy atom. The summed E-state index contributed by atoms with van der Waals surface area (Å²) in [5, 5.41) is 2.89. The number of aromatic amines is 1. The summed E-state index contributed by atoms with van der Waals surface area (Å²) in [6.45, 7) is 1.49. The van der Waals surface area contributed by atoms with Gasteiger partial charge in [0.2, 0.25) is 5.91 Å². The van der Waals surface area contributed by atoms with E-state index in [1.807, 2.05) is 103 Å². The first kappa shape index (κ1) is 26.8. The first-order valence-corrected chi connectivity index (χ1v) is 13.2. The number of imide groups is 1. The minimum Gasteiger partial charge on any atom is -0.444 e. The van der Waals surface area contributed by atoms with Crippen LogP contribution in [0.3, 0.4) is 0 Å². The number of para-hydroxylation sites is 1. The van der Waals surface area contributed by atoms with Crippen LogP contribution in [0, 0.1) is 0 Å². The molecular weight excluding hydrogens is 502 g/mol. The lowest BCUT2D eigenvalue weighted by molar-refractivity contribution is -0.140. The van der Waals surface area contributed by atoms with Gasteiger partial charge in [0.25, 0.3) is 0 Å². The number of ether oxygens (including phenoxy) is 1. The molecule has 2 atom stereocenters. The zero-order valence-electron chi connectivity index (χ0n) is 22.2. The predicted octanol–water partition coefficient (Wildman–Crippen LogP) is 5.56. The topological polar surface area (TPSA) is 105 Å². The van der Waals surface area contributed by atoms with Gasteiger partial charge in [0, 0.05) is 23.5 Å². The summed E-state index contributed by atoms with van der Waals surface area (Å²) >= 11 is 0. The Bertz CT molecular complexity index is 1660. The van der Waals surface area contributed by atoms with E-state index < -0.39 is 23.6 Å². The molecule has 0 spiro atoms. The molecule has 4 aromatic carbocycles. The van der Waals surface area contributed by atoms with Gasteiger partial charge in [0.15, 0.2) is 0 Å². The molecule has 0 aliphatic heterocycles. The van der Waals surface area contributed by atoms with E-state index in [4.69, 9.17) is 10.5 Å². The van der Waals surface area contributed by atoms with Gasteiger partial charge in [-0.05, 0) is 46.9 Å². The summed E-state index contributed by atoms with van der Waals surface area (Å²) in [5.41, 5.74) is 8.26. The fourth-order valence-corrected chi connectivity index (χ4v) is 5.15. The lowest BCUT2D eigenvalue weighted by Gasteiger charge is -2.36. The summed E-state index contributed by atoms with van der Waals surface area (Å²) < 4.78 is 5.71. The number of nitrogens with one attached hydrogen (secondary N) is 1. The summed E-state index contributed by atoms with van der Waals surface area (Å²) in [7, 11) is 0. The SMILES string of the molecule is CC(C=O)(Cc1ccccc1)N(C(=O)OCc1cccc2ccccc12)C(=O)[C@@H](N)Cc1c[nH]c2ccccc12. The van der Waals surface area contributed by atoms with Crippen molar-refractivity contribution >= 4 is 40.0 Å². The van der Waals surface area contributed by atoms with Crippen molar-refractivity contribution in [1.82, 2.24) is 9.88 Å². The van der Waals surface area contributed by atoms with Gasteiger partial charge in [0.1, 0.15) is 18.4 Å². The van der Waals surface area contributed by atoms with E-state index in [-0.39, 0.29) is 19.4 Å². The molecule has 0 aliphatic carbocycles. The Hall–Kier alpha value is -4.75. The molecule has 0 saturated heterocycles. The molecule has 7 nitrogen and oxygen atoms in total. The standard InChI is InChI=1S/C33H31N3O4/c1-33(22-37,19-23-10-3-2-4-11-23)36(31(38)29(34)18-26-20-35-30-17-8-7-16-28(26)30)32(39)40-21-25-14-9-13-24-12-5-6-15-27(24)25/h2-17,20,22,29,35H,18-19,21,34H2,1H3/t29-,33?/m0/s1. The van der Waals surface area contributed by atoms with Crippen LogP contribution in [0.1, 0.15) is 23.6 Å². The van der Waals surface area contributed by atoms with Crippen LogP contribution in [0.5, 0.6) is 0 Å². The minimum absolute atomic E-state index is 0.0675. The van der Waals surface area contributed by atoms with Crippen molar-refractivity contribution < 1.29 is 19.1 Å². The zero-order chi connectivity index (χ0) is 28.1. The Kier molecular flexibility index (Phi) is 7.75. The number of amides is 2. The summed E-state index contributed by atoms with van der Waals surface area (Å²) in [4.78, 5) is 44.3. The van der Waals surface area contributed by atoms with Crippen molar-refractivity contribution in [3.05, 3.63) is 120 Å². The fraction of sp³-hybridized carbons (Fsp3) is 0.182. The molecule has 2 amide bonds. The van der Waals surface area contributed by atoms with Crippen LogP contribution in [0.15, 0.2) is 103 Å². The number of aromatic nitrogens is 1. The highest BCUT2D eigenvalue weighted by Gasteiger charge is 2.43. The monoisotopic (exact) mass is 533 g/mol. The minimum atomic E-state index is -1.52. The molecule has 7 heteroatoms. The molecule has 0 aliphatic rings. The van der Waals surface area contributed by atoms with E-state index in [0.29, 0.717) is 6.29 Å². The maximum Gasteiger partial charge on any atom is 0.417 e. The third-order valence-corrected chi connectivity index (χ3v) is 7.24. The van der Waals surface area contributed by atoms with E-state index in [0.717, 1.165) is 43.3 Å². The van der Waals surface area contributed by atoms with E-state index in [2.05, 4.69) is 4.98 Å². The van der Waals surface area contributed by atoms with E-state index in [1.54, 1.807) is 6.92 Å². The Balaban J connectivity index is 1.44. The molecule has 5 rings (SSSR count). The van der Waals surface area contributed by atoms with E-state index in [1.165, 1.54) is 0 Å². The number of carbonyl (C=O) groups excluding carboxylic acids is 3. The number of carbonyl (C=O) groups is 3. The van der Waals surface area contributed by atoms with Crippen LogP contribution in [0.2, 0.25) is 0 Å². The number of rotatable bonds is 9. The molecule has 0 saturated carbocycles. The van der Waals surface area contributed by atoms with E-state index >= 15 is 0 Å². The quantitative estimate of drug-likeness (QED) is 0.242. The van der Waals surface area contributed by atoms with Crippen molar-refractivity contribution in [2.45, 2.75) is 38.0 Å². The van der Waals surface area contributed by atoms with Crippen LogP contribution >= 0.6 is 0 Å². The van der Waals surface area contributed by atoms with Crippen molar-refractivity contribution in [1.29, 1.82) is 0 Å². The van der Waals surface area contributed by atoms with Crippen molar-refractivity contribution in [2.24, 2.45) is 5.73 Å². The van der Waals surface area contributed by atoms with E-state index in [9.17, 15) is 14.4 Å². The molecule has 1 unspecified atom stereocenters. The lowest BCUT2D eigenvalue weighted by atomic mass is 9.91. The van der Waals surface area contributed by atoms with Crippen LogP contribution in [0.25, 0.3) is 21.7 Å². The second kappa shape index (κ2) is 11.6. The Morgan fingerprint density at radius 2 is 1.57 bits per heavy atom. The largest absolute Gasteiger partial charge is 0.444 e. The third-order valence-electron chi connectivity index (χ3n) is 7.24. The molecular formula is C33H31N3O4. The predicted molar refractivity (Wildman–Crippen MR) is 156 cm³/mol. The molecule has 0 fully saturated rings. The number of benzene rings is 4. The highest BCUT2D eigenvalue weighted by molar-refractivity contribution is 5.99. The smallest absolute Gasteiger partial charge is 0.417 e. The second-order valence-electron chi connectivity index (χ2n) is 10.2. The van der Waals surface area contributed by atoms with Gasteiger partial charge in [-0.1, -0.05) is 91.0 Å². The summed E-state index contributed by atoms with van der Waals surface area (Å²) in [5.74, 6) is -0.682. The molecule has 0 radical (unpaired) electrons. The first-order chi connectivity index (χ1) is 19.4. The molecule has 1 aromatic heterocycles. The zero-order valence-corrected chi connectivity index (χ0v) is 22.2. The van der Waals surface area contributed by atoms with Crippen LogP contribution in [0.4, 0.5) is 4.79 Å². The normalized spacial score (nSPS) is 13.4. The van der Waals surface area contributed by atoms with Gasteiger partial charge in [-0.3, -0.25) is 4.79 Å². The number of H-pyrrole nitrogens is 1. The van der Waals surface area contributed by atoms with Gasteiger partial charge >= 0.3 is 6.09 Å². The molecule has 40 heavy (non-hydrogen) atoms. The van der Waals surface area contributed by atoms with Crippen LogP contribution in [-0.2, 0) is 33.8 Å². The van der Waals surface area contributed by atoms with Crippen molar-refractivity contribution in [3.63, 3.8) is 0 Å². The average Bonchev–Trinajstić information content (AvgIpc) is 3.39. The number of fused-ring (bicyclic) bond motifs is 2. The second-order valence-corrected chi connectivity index (χ2v) is 10.2. The number of aldehydes is 1. The Morgan fingerprint density at radius 1 is 0.900 bits per heavy atom. The van der Waals surface area contributed by atoms with Gasteiger partial charge in [-0.25, -0.2) is 9.69 Å². The highest BCUT2D eigenvalue weighted by atomic mass is 16.6. The average molecular weight is 534 g/mol.